The summed E-state index contributed by atoms with van der Waals surface area (Å²) < 4.78 is 5.19. The van der Waals surface area contributed by atoms with Gasteiger partial charge in [0.05, 0.1) is 4.92 Å². The lowest BCUT2D eigenvalue weighted by atomic mass is 10.0. The molecule has 0 N–H and O–H groups in total. The highest BCUT2D eigenvalue weighted by atomic mass is 16.6. The number of ketones is 1. The number of hydrogen-bond acceptors (Lipinski definition) is 5. The molecule has 1 atom stereocenters. The molecule has 0 fully saturated rings. The first kappa shape index (κ1) is 18.5. The molecule has 2 aromatic carbocycles. The predicted octanol–water partition coefficient (Wildman–Crippen LogP) is 3.91. The molecule has 3 rings (SSSR count). The van der Waals surface area contributed by atoms with Crippen molar-refractivity contribution in [1.29, 1.82) is 0 Å². The number of fused-ring (bicyclic) bond motifs is 1. The van der Waals surface area contributed by atoms with Crippen molar-refractivity contribution in [3.05, 3.63) is 80.9 Å². The van der Waals surface area contributed by atoms with Crippen molar-refractivity contribution in [3.63, 3.8) is 0 Å². The van der Waals surface area contributed by atoms with Gasteiger partial charge in [-0.05, 0) is 67.2 Å². The largest absolute Gasteiger partial charge is 0.451 e. The third kappa shape index (κ3) is 4.47. The van der Waals surface area contributed by atoms with Crippen LogP contribution in [0, 0.1) is 10.1 Å². The number of nitrogens with zero attached hydrogens (tertiary/aromatic N) is 1. The van der Waals surface area contributed by atoms with E-state index in [9.17, 15) is 19.7 Å². The van der Waals surface area contributed by atoms with Crippen LogP contribution in [0.2, 0.25) is 0 Å². The Bertz CT molecular complexity index is 915. The Morgan fingerprint density at radius 1 is 1.11 bits per heavy atom. The second-order valence-corrected chi connectivity index (χ2v) is 6.46. The maximum Gasteiger partial charge on any atom is 0.331 e. The van der Waals surface area contributed by atoms with E-state index in [1.807, 2.05) is 12.1 Å². The van der Waals surface area contributed by atoms with E-state index in [0.29, 0.717) is 11.1 Å². The molecule has 0 radical (unpaired) electrons. The number of carbonyl (C=O) groups is 2. The van der Waals surface area contributed by atoms with E-state index < -0.39 is 17.0 Å². The zero-order valence-corrected chi connectivity index (χ0v) is 14.9. The van der Waals surface area contributed by atoms with Gasteiger partial charge in [0.2, 0.25) is 5.78 Å². The molecule has 0 spiro atoms. The van der Waals surface area contributed by atoms with E-state index in [0.717, 1.165) is 19.3 Å². The van der Waals surface area contributed by atoms with Gasteiger partial charge in [-0.15, -0.1) is 0 Å². The van der Waals surface area contributed by atoms with Crippen LogP contribution < -0.4 is 0 Å². The smallest absolute Gasteiger partial charge is 0.331 e. The molecule has 1 aliphatic rings. The molecule has 0 amide bonds. The normalized spacial score (nSPS) is 14.0. The Hall–Kier alpha value is -3.28. The summed E-state index contributed by atoms with van der Waals surface area (Å²) in [5.74, 6) is -0.878. The summed E-state index contributed by atoms with van der Waals surface area (Å²) >= 11 is 0. The highest BCUT2D eigenvalue weighted by Crippen LogP contribution is 2.23. The number of non-ortho nitro benzene ring substituents is 1. The number of Topliss-reactive ketones (excluding diaryl/α,β-unsaturated/α-hetero) is 1. The number of nitro groups is 1. The zero-order chi connectivity index (χ0) is 19.4. The summed E-state index contributed by atoms with van der Waals surface area (Å²) in [6.07, 6.45) is 4.92. The molecule has 0 bridgehead atoms. The van der Waals surface area contributed by atoms with Crippen LogP contribution in [-0.2, 0) is 22.4 Å². The second kappa shape index (κ2) is 7.95. The SMILES string of the molecule is C[C@@H](OC(=O)/C=C/c1ccc([N+](=O)[O-])cc1)C(=O)c1ccc2c(c1)CCC2. The van der Waals surface area contributed by atoms with E-state index in [1.54, 1.807) is 13.0 Å². The summed E-state index contributed by atoms with van der Waals surface area (Å²) in [7, 11) is 0. The molecule has 6 nitrogen and oxygen atoms in total. The van der Waals surface area contributed by atoms with Crippen molar-refractivity contribution in [2.45, 2.75) is 32.3 Å². The number of carbonyl (C=O) groups excluding carboxylic acids is 2. The van der Waals surface area contributed by atoms with Crippen LogP contribution >= 0.6 is 0 Å². The summed E-state index contributed by atoms with van der Waals surface area (Å²) in [6, 6.07) is 11.4. The van der Waals surface area contributed by atoms with Gasteiger partial charge >= 0.3 is 5.97 Å². The van der Waals surface area contributed by atoms with Crippen molar-refractivity contribution in [2.24, 2.45) is 0 Å². The molecule has 1 aliphatic carbocycles. The molecule has 2 aromatic rings. The van der Waals surface area contributed by atoms with Crippen LogP contribution in [0.15, 0.2) is 48.5 Å². The monoisotopic (exact) mass is 365 g/mol. The van der Waals surface area contributed by atoms with E-state index >= 15 is 0 Å². The summed E-state index contributed by atoms with van der Waals surface area (Å²) in [6.45, 7) is 1.55. The van der Waals surface area contributed by atoms with Gasteiger partial charge in [0, 0.05) is 23.8 Å². The molecule has 0 saturated heterocycles. The zero-order valence-electron chi connectivity index (χ0n) is 14.9. The average Bonchev–Trinajstić information content (AvgIpc) is 3.13. The Balaban J connectivity index is 1.59. The highest BCUT2D eigenvalue weighted by molar-refractivity contribution is 6.01. The van der Waals surface area contributed by atoms with E-state index in [4.69, 9.17) is 4.74 Å². The summed E-state index contributed by atoms with van der Waals surface area (Å²) in [5, 5.41) is 10.6. The molecule has 0 aromatic heterocycles. The fourth-order valence-electron chi connectivity index (χ4n) is 3.10. The molecular formula is C21H19NO5. The Morgan fingerprint density at radius 3 is 2.52 bits per heavy atom. The van der Waals surface area contributed by atoms with Crippen molar-refractivity contribution >= 4 is 23.5 Å². The molecule has 138 valence electrons. The Kier molecular flexibility index (Phi) is 5.45. The maximum atomic E-state index is 12.5. The van der Waals surface area contributed by atoms with Gasteiger partial charge in [0.15, 0.2) is 6.10 Å². The van der Waals surface area contributed by atoms with Gasteiger partial charge in [-0.25, -0.2) is 4.79 Å². The fraction of sp³-hybridized carbons (Fsp3) is 0.238. The van der Waals surface area contributed by atoms with Crippen molar-refractivity contribution in [2.75, 3.05) is 0 Å². The van der Waals surface area contributed by atoms with Crippen LogP contribution in [0.1, 0.15) is 40.4 Å². The van der Waals surface area contributed by atoms with Crippen LogP contribution in [0.25, 0.3) is 6.08 Å². The topological polar surface area (TPSA) is 86.5 Å². The first-order valence-electron chi connectivity index (χ1n) is 8.73. The van der Waals surface area contributed by atoms with Crippen LogP contribution in [-0.4, -0.2) is 22.8 Å². The quantitative estimate of drug-likeness (QED) is 0.255. The molecule has 0 heterocycles. The van der Waals surface area contributed by atoms with Crippen molar-refractivity contribution in [3.8, 4) is 0 Å². The van der Waals surface area contributed by atoms with E-state index in [-0.39, 0.29) is 11.5 Å². The highest BCUT2D eigenvalue weighted by Gasteiger charge is 2.20. The number of rotatable bonds is 6. The molecule has 0 aliphatic heterocycles. The molecule has 0 saturated carbocycles. The number of aryl methyl sites for hydroxylation is 2. The van der Waals surface area contributed by atoms with Crippen LogP contribution in [0.5, 0.6) is 0 Å². The Morgan fingerprint density at radius 2 is 1.81 bits per heavy atom. The third-order valence-electron chi connectivity index (χ3n) is 4.56. The first-order chi connectivity index (χ1) is 12.9. The van der Waals surface area contributed by atoms with Gasteiger partial charge in [-0.3, -0.25) is 14.9 Å². The molecule has 27 heavy (non-hydrogen) atoms. The van der Waals surface area contributed by atoms with Crippen LogP contribution in [0.4, 0.5) is 5.69 Å². The van der Waals surface area contributed by atoms with Gasteiger partial charge < -0.3 is 4.74 Å². The lowest BCUT2D eigenvalue weighted by Crippen LogP contribution is -2.23. The standard InChI is InChI=1S/C21H19NO5/c1-14(21(24)18-9-8-16-3-2-4-17(16)13-18)27-20(23)12-7-15-5-10-19(11-6-15)22(25)26/h5-14H,2-4H2,1H3/b12-7+/t14-/m1/s1. The fourth-order valence-corrected chi connectivity index (χ4v) is 3.10. The minimum absolute atomic E-state index is 0.0247. The van der Waals surface area contributed by atoms with E-state index in [2.05, 4.69) is 0 Å². The van der Waals surface area contributed by atoms with Gasteiger partial charge in [-0.1, -0.05) is 12.1 Å². The second-order valence-electron chi connectivity index (χ2n) is 6.46. The number of ether oxygens (including phenoxy) is 1. The van der Waals surface area contributed by atoms with Crippen molar-refractivity contribution < 1.29 is 19.2 Å². The Labute approximate surface area is 156 Å². The first-order valence-corrected chi connectivity index (χ1v) is 8.73. The minimum Gasteiger partial charge on any atom is -0.451 e. The average molecular weight is 365 g/mol. The molecule has 0 unspecified atom stereocenters. The number of esters is 1. The number of hydrogen-bond donors (Lipinski definition) is 0. The lowest BCUT2D eigenvalue weighted by molar-refractivity contribution is -0.384. The summed E-state index contributed by atoms with van der Waals surface area (Å²) in [5.41, 5.74) is 3.62. The lowest BCUT2D eigenvalue weighted by Gasteiger charge is -2.12. The van der Waals surface area contributed by atoms with Crippen molar-refractivity contribution in [1.82, 2.24) is 0 Å². The third-order valence-corrected chi connectivity index (χ3v) is 4.56. The summed E-state index contributed by atoms with van der Waals surface area (Å²) in [4.78, 5) is 34.6. The maximum absolute atomic E-state index is 12.5. The number of benzene rings is 2. The molecular weight excluding hydrogens is 346 g/mol. The predicted molar refractivity (Wildman–Crippen MR) is 100 cm³/mol. The van der Waals surface area contributed by atoms with E-state index in [1.165, 1.54) is 47.5 Å². The number of nitro benzene ring substituents is 1. The van der Waals surface area contributed by atoms with Gasteiger partial charge in [-0.2, -0.15) is 0 Å². The van der Waals surface area contributed by atoms with Gasteiger partial charge in [0.25, 0.3) is 5.69 Å². The molecule has 6 heteroatoms. The van der Waals surface area contributed by atoms with Crippen LogP contribution in [0.3, 0.4) is 0 Å². The van der Waals surface area contributed by atoms with Gasteiger partial charge in [0.1, 0.15) is 0 Å². The minimum atomic E-state index is -0.890.